The zero-order valence-corrected chi connectivity index (χ0v) is 52.9. The fourth-order valence-corrected chi connectivity index (χ4v) is 10.2. The molecular weight excluding hydrogens is 973 g/mol. The van der Waals surface area contributed by atoms with E-state index in [0.717, 1.165) is 77.0 Å². The quantitative estimate of drug-likeness (QED) is 0.0261. The summed E-state index contributed by atoms with van der Waals surface area (Å²) in [6, 6.07) is 0. The fraction of sp³-hybridized carbons (Fsp3) is 0.822. The number of hydrogen-bond donors (Lipinski definition) is 0. The first kappa shape index (κ1) is 76.1. The molecule has 0 N–H and O–H groups in total. The van der Waals surface area contributed by atoms with Gasteiger partial charge in [-0.05, 0) is 109 Å². The Hall–Kier alpha value is -2.89. The highest BCUT2D eigenvalue weighted by atomic mass is 16.6. The van der Waals surface area contributed by atoms with E-state index in [0.29, 0.717) is 19.3 Å². The predicted octanol–water partition coefficient (Wildman–Crippen LogP) is 23.9. The van der Waals surface area contributed by atoms with Crippen LogP contribution >= 0.6 is 0 Å². The topological polar surface area (TPSA) is 78.9 Å². The van der Waals surface area contributed by atoms with E-state index in [1.807, 2.05) is 0 Å². The highest BCUT2D eigenvalue weighted by Crippen LogP contribution is 2.17. The summed E-state index contributed by atoms with van der Waals surface area (Å²) in [5.74, 6) is -0.870. The van der Waals surface area contributed by atoms with Crippen molar-refractivity contribution in [1.29, 1.82) is 0 Å². The molecule has 0 heterocycles. The number of rotatable bonds is 64. The normalized spacial score (nSPS) is 12.4. The molecule has 0 aliphatic heterocycles. The Labute approximate surface area is 491 Å². The summed E-state index contributed by atoms with van der Waals surface area (Å²) in [6.07, 6.45) is 86.8. The number of hydrogen-bond acceptors (Lipinski definition) is 6. The summed E-state index contributed by atoms with van der Waals surface area (Å²) in [7, 11) is 0. The van der Waals surface area contributed by atoms with Gasteiger partial charge >= 0.3 is 17.9 Å². The van der Waals surface area contributed by atoms with E-state index in [1.165, 1.54) is 250 Å². The standard InChI is InChI=1S/C73H132O6/c1-4-7-10-13-16-19-22-25-27-29-31-32-33-34-35-36-37-38-39-40-41-42-43-45-46-48-51-54-57-60-63-66-72(75)78-69-70(68-77-71(74)65-62-59-56-53-50-24-21-18-15-12-9-6-3)79-73(76)67-64-61-58-55-52-49-47-44-30-28-26-23-20-17-14-11-8-5-2/h18,21-22,25,28-31,33-34,70H,4-17,19-20,23-24,26-27,32,35-69H2,1-3H3/b21-18-,25-22-,30-28-,31-29-,34-33-. The Morgan fingerprint density at radius 3 is 0.747 bits per heavy atom. The van der Waals surface area contributed by atoms with E-state index in [-0.39, 0.29) is 31.1 Å². The van der Waals surface area contributed by atoms with E-state index in [1.54, 1.807) is 0 Å². The lowest BCUT2D eigenvalue weighted by Gasteiger charge is -2.18. The molecule has 0 spiro atoms. The van der Waals surface area contributed by atoms with Crippen molar-refractivity contribution in [2.75, 3.05) is 13.2 Å². The zero-order chi connectivity index (χ0) is 57.1. The van der Waals surface area contributed by atoms with Crippen molar-refractivity contribution >= 4 is 17.9 Å². The molecule has 0 rings (SSSR count). The van der Waals surface area contributed by atoms with Gasteiger partial charge in [0, 0.05) is 19.3 Å². The smallest absolute Gasteiger partial charge is 0.306 e. The molecule has 0 bridgehead atoms. The molecule has 0 saturated carbocycles. The number of allylic oxidation sites excluding steroid dienone is 10. The maximum Gasteiger partial charge on any atom is 0.306 e. The van der Waals surface area contributed by atoms with E-state index in [9.17, 15) is 14.4 Å². The van der Waals surface area contributed by atoms with Crippen LogP contribution in [0.5, 0.6) is 0 Å². The fourth-order valence-electron chi connectivity index (χ4n) is 10.2. The SMILES string of the molecule is CCCCC/C=C\CCCCCCCC(=O)OCC(COC(=O)CCCCCCCCCCCCCCCCCC/C=C\C/C=C\C/C=C\CCCCCCC)OC(=O)CCCCCCCCC/C=C\CCCCCCCCC. The van der Waals surface area contributed by atoms with Crippen LogP contribution in [-0.4, -0.2) is 37.2 Å². The molecule has 1 atom stereocenters. The summed E-state index contributed by atoms with van der Waals surface area (Å²) in [5.41, 5.74) is 0. The summed E-state index contributed by atoms with van der Waals surface area (Å²) in [5, 5.41) is 0. The van der Waals surface area contributed by atoms with Gasteiger partial charge in [0.1, 0.15) is 13.2 Å². The van der Waals surface area contributed by atoms with Gasteiger partial charge in [0.2, 0.25) is 0 Å². The third kappa shape index (κ3) is 65.8. The van der Waals surface area contributed by atoms with Gasteiger partial charge in [-0.25, -0.2) is 0 Å². The molecule has 1 unspecified atom stereocenters. The van der Waals surface area contributed by atoms with Crippen molar-refractivity contribution in [2.24, 2.45) is 0 Å². The van der Waals surface area contributed by atoms with Gasteiger partial charge in [0.15, 0.2) is 6.10 Å². The van der Waals surface area contributed by atoms with Crippen molar-refractivity contribution in [1.82, 2.24) is 0 Å². The van der Waals surface area contributed by atoms with Gasteiger partial charge in [0.05, 0.1) is 0 Å². The summed E-state index contributed by atoms with van der Waals surface area (Å²) >= 11 is 0. The summed E-state index contributed by atoms with van der Waals surface area (Å²) in [6.45, 7) is 6.64. The maximum absolute atomic E-state index is 12.9. The Kier molecular flexibility index (Phi) is 65.1. The number of unbranched alkanes of at least 4 members (excludes halogenated alkanes) is 43. The molecule has 6 nitrogen and oxygen atoms in total. The molecule has 0 aliphatic carbocycles. The third-order valence-corrected chi connectivity index (χ3v) is 15.5. The molecule has 79 heavy (non-hydrogen) atoms. The van der Waals surface area contributed by atoms with Gasteiger partial charge in [0.25, 0.3) is 0 Å². The van der Waals surface area contributed by atoms with Crippen LogP contribution in [0.25, 0.3) is 0 Å². The highest BCUT2D eigenvalue weighted by molar-refractivity contribution is 5.71. The first-order valence-corrected chi connectivity index (χ1v) is 34.8. The van der Waals surface area contributed by atoms with Crippen LogP contribution in [0.3, 0.4) is 0 Å². The lowest BCUT2D eigenvalue weighted by molar-refractivity contribution is -0.167. The second-order valence-corrected chi connectivity index (χ2v) is 23.4. The van der Waals surface area contributed by atoms with Crippen LogP contribution in [0.2, 0.25) is 0 Å². The van der Waals surface area contributed by atoms with Crippen LogP contribution in [0.1, 0.15) is 367 Å². The molecule has 0 aromatic carbocycles. The Morgan fingerprint density at radius 2 is 0.456 bits per heavy atom. The maximum atomic E-state index is 12.9. The van der Waals surface area contributed by atoms with Gasteiger partial charge in [-0.2, -0.15) is 0 Å². The van der Waals surface area contributed by atoms with Crippen LogP contribution in [-0.2, 0) is 28.6 Å². The summed E-state index contributed by atoms with van der Waals surface area (Å²) < 4.78 is 16.9. The lowest BCUT2D eigenvalue weighted by atomic mass is 10.0. The van der Waals surface area contributed by atoms with Crippen molar-refractivity contribution < 1.29 is 28.6 Å². The largest absolute Gasteiger partial charge is 0.462 e. The third-order valence-electron chi connectivity index (χ3n) is 15.5. The Morgan fingerprint density at radius 1 is 0.253 bits per heavy atom. The minimum absolute atomic E-state index is 0.0754. The Balaban J connectivity index is 4.17. The molecule has 0 radical (unpaired) electrons. The van der Waals surface area contributed by atoms with E-state index < -0.39 is 6.10 Å². The first-order chi connectivity index (χ1) is 39.0. The molecular formula is C73H132O6. The molecule has 0 aliphatic rings. The average molecular weight is 1110 g/mol. The van der Waals surface area contributed by atoms with Crippen LogP contribution in [0, 0.1) is 0 Å². The van der Waals surface area contributed by atoms with Crippen LogP contribution in [0.15, 0.2) is 60.8 Å². The predicted molar refractivity (Wildman–Crippen MR) is 344 cm³/mol. The Bertz CT molecular complexity index is 1410. The second-order valence-electron chi connectivity index (χ2n) is 23.4. The molecule has 0 aromatic heterocycles. The van der Waals surface area contributed by atoms with Crippen LogP contribution in [0.4, 0.5) is 0 Å². The molecule has 6 heteroatoms. The molecule has 0 saturated heterocycles. The van der Waals surface area contributed by atoms with Crippen molar-refractivity contribution in [3.63, 3.8) is 0 Å². The molecule has 0 aromatic rings. The van der Waals surface area contributed by atoms with Crippen LogP contribution < -0.4 is 0 Å². The monoisotopic (exact) mass is 1110 g/mol. The number of ether oxygens (including phenoxy) is 3. The second kappa shape index (κ2) is 67.6. The zero-order valence-electron chi connectivity index (χ0n) is 52.9. The number of carbonyl (C=O) groups is 3. The van der Waals surface area contributed by atoms with E-state index in [2.05, 4.69) is 81.5 Å². The average Bonchev–Trinajstić information content (AvgIpc) is 3.45. The van der Waals surface area contributed by atoms with Gasteiger partial charge in [-0.1, -0.05) is 300 Å². The van der Waals surface area contributed by atoms with Crippen molar-refractivity contribution in [2.45, 2.75) is 374 Å². The molecule has 0 amide bonds. The van der Waals surface area contributed by atoms with Crippen molar-refractivity contribution in [3.05, 3.63) is 60.8 Å². The highest BCUT2D eigenvalue weighted by Gasteiger charge is 2.19. The van der Waals surface area contributed by atoms with E-state index >= 15 is 0 Å². The minimum atomic E-state index is -0.779. The van der Waals surface area contributed by atoms with Crippen molar-refractivity contribution in [3.8, 4) is 0 Å². The first-order valence-electron chi connectivity index (χ1n) is 34.8. The molecule has 460 valence electrons. The number of esters is 3. The molecule has 0 fully saturated rings. The van der Waals surface area contributed by atoms with E-state index in [4.69, 9.17) is 14.2 Å². The van der Waals surface area contributed by atoms with Gasteiger partial charge in [-0.15, -0.1) is 0 Å². The minimum Gasteiger partial charge on any atom is -0.462 e. The lowest BCUT2D eigenvalue weighted by Crippen LogP contribution is -2.30. The summed E-state index contributed by atoms with van der Waals surface area (Å²) in [4.78, 5) is 38.3. The van der Waals surface area contributed by atoms with Gasteiger partial charge in [-0.3, -0.25) is 14.4 Å². The number of carbonyl (C=O) groups excluding carboxylic acids is 3. The van der Waals surface area contributed by atoms with Gasteiger partial charge < -0.3 is 14.2 Å².